The van der Waals surface area contributed by atoms with Gasteiger partial charge < -0.3 is 15.2 Å². The van der Waals surface area contributed by atoms with Gasteiger partial charge in [0.1, 0.15) is 5.75 Å². The summed E-state index contributed by atoms with van der Waals surface area (Å²) in [4.78, 5) is 3.96. The third kappa shape index (κ3) is 2.66. The highest BCUT2D eigenvalue weighted by molar-refractivity contribution is 5.47. The van der Waals surface area contributed by atoms with Crippen molar-refractivity contribution in [3.8, 4) is 17.2 Å². The Morgan fingerprint density at radius 1 is 1.12 bits per heavy atom. The minimum Gasteiger partial charge on any atom is -0.493 e. The fourth-order valence-electron chi connectivity index (χ4n) is 1.48. The number of rotatable bonds is 3. The normalized spacial score (nSPS) is 10.0. The molecule has 4 heteroatoms. The molecule has 0 saturated carbocycles. The van der Waals surface area contributed by atoms with E-state index in [1.54, 1.807) is 25.6 Å². The molecule has 2 rings (SSSR count). The lowest BCUT2D eigenvalue weighted by atomic mass is 10.2. The van der Waals surface area contributed by atoms with E-state index in [1.807, 2.05) is 25.1 Å². The number of hydrogen-bond donors (Lipinski definition) is 1. The fourth-order valence-corrected chi connectivity index (χ4v) is 1.48. The average molecular weight is 230 g/mol. The van der Waals surface area contributed by atoms with Crippen LogP contribution < -0.4 is 15.2 Å². The molecule has 2 N–H and O–H groups in total. The number of anilines is 1. The highest BCUT2D eigenvalue weighted by Crippen LogP contribution is 2.32. The molecule has 0 amide bonds. The van der Waals surface area contributed by atoms with E-state index in [0.29, 0.717) is 22.9 Å². The molecule has 17 heavy (non-hydrogen) atoms. The van der Waals surface area contributed by atoms with Crippen LogP contribution in [-0.4, -0.2) is 12.1 Å². The molecule has 0 saturated heterocycles. The van der Waals surface area contributed by atoms with E-state index in [1.165, 1.54) is 0 Å². The van der Waals surface area contributed by atoms with Gasteiger partial charge in [0.2, 0.25) is 0 Å². The number of nitrogens with zero attached hydrogens (tertiary/aromatic N) is 1. The second-order valence-corrected chi connectivity index (χ2v) is 3.71. The summed E-state index contributed by atoms with van der Waals surface area (Å²) >= 11 is 0. The predicted molar refractivity (Wildman–Crippen MR) is 66.5 cm³/mol. The number of hydrogen-bond acceptors (Lipinski definition) is 4. The molecule has 0 spiro atoms. The number of nitrogens with two attached hydrogens (primary N) is 1. The van der Waals surface area contributed by atoms with Crippen LogP contribution in [0.1, 0.15) is 5.56 Å². The molecule has 1 aromatic heterocycles. The van der Waals surface area contributed by atoms with Crippen LogP contribution in [0.5, 0.6) is 17.2 Å². The Morgan fingerprint density at radius 3 is 2.65 bits per heavy atom. The van der Waals surface area contributed by atoms with E-state index in [9.17, 15) is 0 Å². The van der Waals surface area contributed by atoms with Gasteiger partial charge in [0.05, 0.1) is 25.2 Å². The maximum absolute atomic E-state index is 5.67. The molecule has 2 aromatic rings. The van der Waals surface area contributed by atoms with Gasteiger partial charge in [-0.25, -0.2) is 0 Å². The van der Waals surface area contributed by atoms with Gasteiger partial charge in [-0.3, -0.25) is 4.98 Å². The average Bonchev–Trinajstić information content (AvgIpc) is 2.31. The number of pyridine rings is 1. The van der Waals surface area contributed by atoms with Crippen LogP contribution >= 0.6 is 0 Å². The van der Waals surface area contributed by atoms with Crippen molar-refractivity contribution in [3.05, 3.63) is 42.2 Å². The van der Waals surface area contributed by atoms with Crippen molar-refractivity contribution >= 4 is 5.69 Å². The number of aromatic nitrogens is 1. The minimum absolute atomic E-state index is 0.563. The first-order valence-electron chi connectivity index (χ1n) is 5.22. The summed E-state index contributed by atoms with van der Waals surface area (Å²) in [6.45, 7) is 1.99. The van der Waals surface area contributed by atoms with Crippen molar-refractivity contribution in [2.75, 3.05) is 12.8 Å². The Kier molecular flexibility index (Phi) is 3.14. The molecule has 0 aliphatic rings. The largest absolute Gasteiger partial charge is 0.493 e. The van der Waals surface area contributed by atoms with Crippen molar-refractivity contribution < 1.29 is 9.47 Å². The Bertz CT molecular complexity index is 527. The standard InChI is InChI=1S/C13H14N2O2/c1-9-3-4-12(13(5-9)16-2)17-11-6-10(14)7-15-8-11/h3-8H,14H2,1-2H3. The summed E-state index contributed by atoms with van der Waals surface area (Å²) in [5, 5.41) is 0. The number of benzene rings is 1. The highest BCUT2D eigenvalue weighted by atomic mass is 16.5. The van der Waals surface area contributed by atoms with Crippen LogP contribution in [-0.2, 0) is 0 Å². The van der Waals surface area contributed by atoms with E-state index < -0.39 is 0 Å². The van der Waals surface area contributed by atoms with Crippen LogP contribution in [0.4, 0.5) is 5.69 Å². The van der Waals surface area contributed by atoms with Gasteiger partial charge in [0, 0.05) is 6.07 Å². The lowest BCUT2D eigenvalue weighted by molar-refractivity contribution is 0.378. The van der Waals surface area contributed by atoms with E-state index in [4.69, 9.17) is 15.2 Å². The molecule has 1 heterocycles. The second kappa shape index (κ2) is 4.74. The number of aryl methyl sites for hydroxylation is 1. The molecular weight excluding hydrogens is 216 g/mol. The summed E-state index contributed by atoms with van der Waals surface area (Å²) in [6.07, 6.45) is 3.18. The van der Waals surface area contributed by atoms with Crippen LogP contribution in [0.25, 0.3) is 0 Å². The van der Waals surface area contributed by atoms with E-state index in [2.05, 4.69) is 4.98 Å². The zero-order chi connectivity index (χ0) is 12.3. The topological polar surface area (TPSA) is 57.4 Å². The van der Waals surface area contributed by atoms with Crippen LogP contribution in [0.15, 0.2) is 36.7 Å². The Hall–Kier alpha value is -2.23. The lowest BCUT2D eigenvalue weighted by Gasteiger charge is -2.10. The van der Waals surface area contributed by atoms with Gasteiger partial charge in [-0.15, -0.1) is 0 Å². The molecule has 0 aliphatic heterocycles. The fraction of sp³-hybridized carbons (Fsp3) is 0.154. The maximum Gasteiger partial charge on any atom is 0.169 e. The number of nitrogen functional groups attached to an aromatic ring is 1. The van der Waals surface area contributed by atoms with Gasteiger partial charge >= 0.3 is 0 Å². The molecule has 0 fully saturated rings. The van der Waals surface area contributed by atoms with Crippen LogP contribution in [0.2, 0.25) is 0 Å². The third-order valence-corrected chi connectivity index (χ3v) is 2.28. The molecule has 1 aromatic carbocycles. The maximum atomic E-state index is 5.67. The third-order valence-electron chi connectivity index (χ3n) is 2.28. The zero-order valence-corrected chi connectivity index (χ0v) is 9.81. The SMILES string of the molecule is COc1cc(C)ccc1Oc1cncc(N)c1. The predicted octanol–water partition coefficient (Wildman–Crippen LogP) is 2.77. The molecule has 4 nitrogen and oxygen atoms in total. The Morgan fingerprint density at radius 2 is 1.94 bits per heavy atom. The van der Waals surface area contributed by atoms with Crippen molar-refractivity contribution in [3.63, 3.8) is 0 Å². The molecule has 88 valence electrons. The lowest BCUT2D eigenvalue weighted by Crippen LogP contribution is -1.93. The van der Waals surface area contributed by atoms with Gasteiger partial charge in [0.25, 0.3) is 0 Å². The highest BCUT2D eigenvalue weighted by Gasteiger charge is 2.06. The Labute approximate surface area is 100 Å². The summed E-state index contributed by atoms with van der Waals surface area (Å²) < 4.78 is 10.9. The van der Waals surface area contributed by atoms with Crippen molar-refractivity contribution in [1.29, 1.82) is 0 Å². The van der Waals surface area contributed by atoms with E-state index >= 15 is 0 Å². The summed E-state index contributed by atoms with van der Waals surface area (Å²) in [5.41, 5.74) is 7.31. The summed E-state index contributed by atoms with van der Waals surface area (Å²) in [7, 11) is 1.61. The van der Waals surface area contributed by atoms with Crippen molar-refractivity contribution in [2.45, 2.75) is 6.92 Å². The molecule has 0 bridgehead atoms. The van der Waals surface area contributed by atoms with Gasteiger partial charge in [-0.1, -0.05) is 6.07 Å². The van der Waals surface area contributed by atoms with Crippen molar-refractivity contribution in [1.82, 2.24) is 4.98 Å². The van der Waals surface area contributed by atoms with E-state index in [0.717, 1.165) is 5.56 Å². The van der Waals surface area contributed by atoms with Gasteiger partial charge in [-0.2, -0.15) is 0 Å². The van der Waals surface area contributed by atoms with Gasteiger partial charge in [-0.05, 0) is 24.6 Å². The minimum atomic E-state index is 0.563. The van der Waals surface area contributed by atoms with Gasteiger partial charge in [0.15, 0.2) is 11.5 Å². The molecule has 0 aliphatic carbocycles. The van der Waals surface area contributed by atoms with E-state index in [-0.39, 0.29) is 0 Å². The molecular formula is C13H14N2O2. The summed E-state index contributed by atoms with van der Waals surface area (Å²) in [5.74, 6) is 1.92. The quantitative estimate of drug-likeness (QED) is 0.880. The number of methoxy groups -OCH3 is 1. The summed E-state index contributed by atoms with van der Waals surface area (Å²) in [6, 6.07) is 7.44. The second-order valence-electron chi connectivity index (χ2n) is 3.71. The monoisotopic (exact) mass is 230 g/mol. The molecule has 0 atom stereocenters. The first-order chi connectivity index (χ1) is 8.19. The van der Waals surface area contributed by atoms with Crippen LogP contribution in [0, 0.1) is 6.92 Å². The zero-order valence-electron chi connectivity index (χ0n) is 9.81. The first-order valence-corrected chi connectivity index (χ1v) is 5.22. The number of ether oxygens (including phenoxy) is 2. The smallest absolute Gasteiger partial charge is 0.169 e. The first kappa shape index (κ1) is 11.3. The molecule has 0 radical (unpaired) electrons. The molecule has 0 unspecified atom stereocenters. The van der Waals surface area contributed by atoms with Crippen molar-refractivity contribution in [2.24, 2.45) is 0 Å². The Balaban J connectivity index is 2.29. The van der Waals surface area contributed by atoms with Crippen LogP contribution in [0.3, 0.4) is 0 Å².